The molecule has 4 rings (SSSR count). The third-order valence-corrected chi connectivity index (χ3v) is 5.52. The number of methoxy groups -OCH3 is 1. The summed E-state index contributed by atoms with van der Waals surface area (Å²) in [7, 11) is 1.44. The zero-order valence-corrected chi connectivity index (χ0v) is 14.7. The van der Waals surface area contributed by atoms with Crippen molar-refractivity contribution in [2.24, 2.45) is 0 Å². The van der Waals surface area contributed by atoms with Crippen molar-refractivity contribution in [3.63, 3.8) is 0 Å². The van der Waals surface area contributed by atoms with Crippen molar-refractivity contribution in [3.8, 4) is 27.4 Å². The average molecular weight is 369 g/mol. The molecule has 3 aromatic rings. The van der Waals surface area contributed by atoms with Crippen LogP contribution in [0, 0.1) is 0 Å². The molecule has 0 spiro atoms. The molecular weight excluding hydrogens is 354 g/mol. The fourth-order valence-electron chi connectivity index (χ4n) is 3.49. The van der Waals surface area contributed by atoms with Crippen LogP contribution in [0.5, 0.6) is 5.75 Å². The highest BCUT2D eigenvalue weighted by Gasteiger charge is 2.28. The first-order chi connectivity index (χ1) is 12.5. The number of aromatic carboxylic acids is 2. The second kappa shape index (κ2) is 6.03. The first-order valence-corrected chi connectivity index (χ1v) is 8.84. The van der Waals surface area contributed by atoms with E-state index in [2.05, 4.69) is 0 Å². The van der Waals surface area contributed by atoms with Gasteiger partial charge in [0.25, 0.3) is 0 Å². The Morgan fingerprint density at radius 1 is 1.15 bits per heavy atom. The van der Waals surface area contributed by atoms with Gasteiger partial charge in [-0.1, -0.05) is 6.07 Å². The number of aromatic nitrogens is 1. The molecular formula is C19H15NO5S. The Balaban J connectivity index is 2.04. The van der Waals surface area contributed by atoms with E-state index in [1.165, 1.54) is 18.4 Å². The lowest BCUT2D eigenvalue weighted by molar-refractivity contribution is 0.0677. The molecule has 1 aliphatic rings. The third-order valence-electron chi connectivity index (χ3n) is 4.62. The monoisotopic (exact) mass is 369 g/mol. The first-order valence-electron chi connectivity index (χ1n) is 7.96. The Kier molecular flexibility index (Phi) is 3.81. The highest BCUT2D eigenvalue weighted by atomic mass is 32.1. The van der Waals surface area contributed by atoms with Crippen LogP contribution < -0.4 is 4.74 Å². The van der Waals surface area contributed by atoms with E-state index in [0.29, 0.717) is 18.7 Å². The average Bonchev–Trinajstić information content (AvgIpc) is 3.27. The van der Waals surface area contributed by atoms with Crippen molar-refractivity contribution in [2.75, 3.05) is 7.11 Å². The van der Waals surface area contributed by atoms with Crippen molar-refractivity contribution in [3.05, 3.63) is 52.5 Å². The summed E-state index contributed by atoms with van der Waals surface area (Å²) in [6, 6.07) is 8.84. The molecule has 3 heterocycles. The fourth-order valence-corrected chi connectivity index (χ4v) is 4.23. The predicted molar refractivity (Wildman–Crippen MR) is 97.4 cm³/mol. The number of rotatable bonds is 4. The van der Waals surface area contributed by atoms with Gasteiger partial charge in [-0.15, -0.1) is 11.3 Å². The normalized spacial score (nSPS) is 12.3. The Bertz CT molecular complexity index is 1030. The van der Waals surface area contributed by atoms with Crippen LogP contribution >= 0.6 is 11.3 Å². The van der Waals surface area contributed by atoms with Crippen LogP contribution in [0.1, 0.15) is 26.4 Å². The van der Waals surface area contributed by atoms with Crippen LogP contribution in [-0.2, 0) is 13.0 Å². The molecule has 26 heavy (non-hydrogen) atoms. The van der Waals surface area contributed by atoms with E-state index in [1.807, 2.05) is 17.5 Å². The van der Waals surface area contributed by atoms with Crippen LogP contribution in [0.2, 0.25) is 0 Å². The summed E-state index contributed by atoms with van der Waals surface area (Å²) in [5.74, 6) is -1.76. The topological polar surface area (TPSA) is 88.8 Å². The predicted octanol–water partition coefficient (Wildman–Crippen LogP) is 3.84. The maximum Gasteiger partial charge on any atom is 0.352 e. The number of carboxylic acids is 2. The van der Waals surface area contributed by atoms with Gasteiger partial charge in [-0.05, 0) is 41.6 Å². The lowest BCUT2D eigenvalue weighted by atomic mass is 9.93. The lowest BCUT2D eigenvalue weighted by Gasteiger charge is -2.23. The van der Waals surface area contributed by atoms with E-state index in [4.69, 9.17) is 4.74 Å². The number of hydrogen-bond acceptors (Lipinski definition) is 4. The van der Waals surface area contributed by atoms with Crippen molar-refractivity contribution in [1.82, 2.24) is 4.57 Å². The second-order valence-corrected chi connectivity index (χ2v) is 6.94. The van der Waals surface area contributed by atoms with Crippen molar-refractivity contribution < 1.29 is 24.5 Å². The molecule has 0 saturated carbocycles. The van der Waals surface area contributed by atoms with Gasteiger partial charge >= 0.3 is 11.9 Å². The molecule has 2 N–H and O–H groups in total. The number of carbonyl (C=O) groups is 2. The largest absolute Gasteiger partial charge is 0.496 e. The Hall–Kier alpha value is -3.06. The first kappa shape index (κ1) is 16.4. The van der Waals surface area contributed by atoms with Gasteiger partial charge in [-0.2, -0.15) is 0 Å². The summed E-state index contributed by atoms with van der Waals surface area (Å²) in [5, 5.41) is 21.0. The van der Waals surface area contributed by atoms with Gasteiger partial charge in [-0.25, -0.2) is 9.59 Å². The van der Waals surface area contributed by atoms with E-state index >= 15 is 0 Å². The number of nitrogens with zero attached hydrogens (tertiary/aromatic N) is 1. The zero-order valence-electron chi connectivity index (χ0n) is 13.9. The minimum Gasteiger partial charge on any atom is -0.496 e. The van der Waals surface area contributed by atoms with Crippen LogP contribution in [0.25, 0.3) is 21.7 Å². The molecule has 0 aliphatic carbocycles. The van der Waals surface area contributed by atoms with Crippen LogP contribution in [0.3, 0.4) is 0 Å². The molecule has 0 amide bonds. The highest BCUT2D eigenvalue weighted by molar-refractivity contribution is 7.13. The Labute approximate surface area is 152 Å². The summed E-state index contributed by atoms with van der Waals surface area (Å²) in [4.78, 5) is 24.3. The number of hydrogen-bond donors (Lipinski definition) is 2. The molecule has 6 nitrogen and oxygen atoms in total. The minimum absolute atomic E-state index is 0.0647. The van der Waals surface area contributed by atoms with Crippen LogP contribution in [-0.4, -0.2) is 33.8 Å². The number of carboxylic acid groups (broad SMARTS) is 2. The zero-order chi connectivity index (χ0) is 18.4. The molecule has 2 aromatic heterocycles. The van der Waals surface area contributed by atoms with Gasteiger partial charge < -0.3 is 19.5 Å². The molecule has 0 saturated heterocycles. The summed E-state index contributed by atoms with van der Waals surface area (Å²) in [6.45, 7) is 0.519. The maximum absolute atomic E-state index is 11.7. The van der Waals surface area contributed by atoms with Crippen LogP contribution in [0.15, 0.2) is 35.7 Å². The molecule has 1 aliphatic heterocycles. The third kappa shape index (κ3) is 2.40. The van der Waals surface area contributed by atoms with Gasteiger partial charge in [0.15, 0.2) is 0 Å². The molecule has 132 valence electrons. The molecule has 0 atom stereocenters. The molecule has 0 unspecified atom stereocenters. The van der Waals surface area contributed by atoms with Gasteiger partial charge in [0, 0.05) is 22.5 Å². The SMILES string of the molecule is COc1cc2c(cc1C(=O)O)-c1c(-c3cccs3)cc(C(=O)O)n1CC2. The van der Waals surface area contributed by atoms with E-state index in [0.717, 1.165) is 27.3 Å². The smallest absolute Gasteiger partial charge is 0.352 e. The number of ether oxygens (including phenoxy) is 1. The summed E-state index contributed by atoms with van der Waals surface area (Å²) in [5.41, 5.74) is 3.52. The lowest BCUT2D eigenvalue weighted by Crippen LogP contribution is -2.16. The number of fused-ring (bicyclic) bond motifs is 3. The second-order valence-electron chi connectivity index (χ2n) is 5.99. The molecule has 7 heteroatoms. The Morgan fingerprint density at radius 3 is 2.58 bits per heavy atom. The maximum atomic E-state index is 11.7. The van der Waals surface area contributed by atoms with E-state index in [9.17, 15) is 19.8 Å². The van der Waals surface area contributed by atoms with Gasteiger partial charge in [0.1, 0.15) is 17.0 Å². The van der Waals surface area contributed by atoms with Gasteiger partial charge in [-0.3, -0.25) is 0 Å². The standard InChI is InChI=1S/C19H15NO5S/c1-25-15-7-10-4-5-20-14(19(23)24)9-13(16-3-2-6-26-16)17(20)11(10)8-12(15)18(21)22/h2-3,6-9H,4-5H2,1H3,(H,21,22)(H,23,24). The molecule has 0 bridgehead atoms. The molecule has 0 fully saturated rings. The number of aryl methyl sites for hydroxylation is 1. The number of benzene rings is 1. The van der Waals surface area contributed by atoms with E-state index in [-0.39, 0.29) is 11.3 Å². The summed E-state index contributed by atoms with van der Waals surface area (Å²) < 4.78 is 6.99. The van der Waals surface area contributed by atoms with Gasteiger partial charge in [0.2, 0.25) is 0 Å². The van der Waals surface area contributed by atoms with Crippen molar-refractivity contribution in [2.45, 2.75) is 13.0 Å². The molecule has 0 radical (unpaired) electrons. The van der Waals surface area contributed by atoms with E-state index in [1.54, 1.807) is 22.8 Å². The summed E-state index contributed by atoms with van der Waals surface area (Å²) >= 11 is 1.52. The molecule has 1 aromatic carbocycles. The van der Waals surface area contributed by atoms with Crippen molar-refractivity contribution >= 4 is 23.3 Å². The van der Waals surface area contributed by atoms with Crippen molar-refractivity contribution in [1.29, 1.82) is 0 Å². The van der Waals surface area contributed by atoms with E-state index < -0.39 is 11.9 Å². The fraction of sp³-hybridized carbons (Fsp3) is 0.158. The van der Waals surface area contributed by atoms with Gasteiger partial charge in [0.05, 0.1) is 12.8 Å². The Morgan fingerprint density at radius 2 is 1.96 bits per heavy atom. The minimum atomic E-state index is -1.08. The quantitative estimate of drug-likeness (QED) is 0.729. The number of thiophene rings is 1. The van der Waals surface area contributed by atoms with Crippen LogP contribution in [0.4, 0.5) is 0 Å². The summed E-state index contributed by atoms with van der Waals surface area (Å²) in [6.07, 6.45) is 0.609. The highest BCUT2D eigenvalue weighted by Crippen LogP contribution is 2.43.